The molecule has 2 rings (SSSR count). The summed E-state index contributed by atoms with van der Waals surface area (Å²) in [5.41, 5.74) is 2.17. The Morgan fingerprint density at radius 3 is 2.80 bits per heavy atom. The molecule has 2 heteroatoms. The summed E-state index contributed by atoms with van der Waals surface area (Å²) in [6.07, 6.45) is 5.49. The first-order chi connectivity index (χ1) is 7.20. The van der Waals surface area contributed by atoms with Crippen molar-refractivity contribution in [2.45, 2.75) is 45.6 Å². The molecule has 0 unspecified atom stereocenters. The van der Waals surface area contributed by atoms with E-state index in [-0.39, 0.29) is 0 Å². The Hall–Kier alpha value is -0.340. The molecule has 1 N–H and O–H groups in total. The standard InChI is InChI=1S/C13H21NS/c1-11(2)14-10-13(6-7-13)5-3-12-4-8-15-9-12/h4,8-9,11,14H,3,5-7,10H2,1-2H3. The molecule has 1 aromatic rings. The highest BCUT2D eigenvalue weighted by Gasteiger charge is 2.41. The van der Waals surface area contributed by atoms with Gasteiger partial charge in [0.25, 0.3) is 0 Å². The van der Waals surface area contributed by atoms with Crippen molar-refractivity contribution >= 4 is 11.3 Å². The quantitative estimate of drug-likeness (QED) is 0.779. The number of rotatable bonds is 6. The van der Waals surface area contributed by atoms with E-state index in [4.69, 9.17) is 0 Å². The third-order valence-corrected chi connectivity index (χ3v) is 4.10. The van der Waals surface area contributed by atoms with Crippen LogP contribution in [0.4, 0.5) is 0 Å². The number of thiophene rings is 1. The second-order valence-corrected chi connectivity index (χ2v) is 5.95. The van der Waals surface area contributed by atoms with Crippen molar-refractivity contribution in [2.24, 2.45) is 5.41 Å². The van der Waals surface area contributed by atoms with E-state index in [0.29, 0.717) is 11.5 Å². The number of hydrogen-bond acceptors (Lipinski definition) is 2. The third kappa shape index (κ3) is 3.32. The average Bonchev–Trinajstić information content (AvgIpc) is 2.78. The number of aryl methyl sites for hydroxylation is 1. The number of nitrogens with one attached hydrogen (secondary N) is 1. The van der Waals surface area contributed by atoms with Gasteiger partial charge in [0.2, 0.25) is 0 Å². The first-order valence-electron chi connectivity index (χ1n) is 5.95. The Morgan fingerprint density at radius 2 is 2.27 bits per heavy atom. The van der Waals surface area contributed by atoms with E-state index in [9.17, 15) is 0 Å². The molecule has 15 heavy (non-hydrogen) atoms. The van der Waals surface area contributed by atoms with Crippen LogP contribution in [-0.2, 0) is 6.42 Å². The summed E-state index contributed by atoms with van der Waals surface area (Å²) in [7, 11) is 0. The van der Waals surface area contributed by atoms with Gasteiger partial charge >= 0.3 is 0 Å². The summed E-state index contributed by atoms with van der Waals surface area (Å²) < 4.78 is 0. The molecule has 0 radical (unpaired) electrons. The first-order valence-corrected chi connectivity index (χ1v) is 6.89. The first kappa shape index (κ1) is 11.2. The smallest absolute Gasteiger partial charge is 0.00106 e. The molecule has 84 valence electrons. The lowest BCUT2D eigenvalue weighted by molar-refractivity contribution is 0.406. The van der Waals surface area contributed by atoms with Crippen LogP contribution in [-0.4, -0.2) is 12.6 Å². The minimum Gasteiger partial charge on any atom is -0.314 e. The van der Waals surface area contributed by atoms with Gasteiger partial charge in [-0.3, -0.25) is 0 Å². The van der Waals surface area contributed by atoms with Crippen LogP contribution >= 0.6 is 11.3 Å². The second kappa shape index (κ2) is 4.67. The molecule has 1 aliphatic rings. The van der Waals surface area contributed by atoms with Crippen LogP contribution in [0.25, 0.3) is 0 Å². The van der Waals surface area contributed by atoms with E-state index in [1.54, 1.807) is 0 Å². The molecular formula is C13H21NS. The minimum atomic E-state index is 0.628. The predicted octanol–water partition coefficient (Wildman–Crippen LogP) is 3.46. The van der Waals surface area contributed by atoms with Gasteiger partial charge in [-0.15, -0.1) is 0 Å². The van der Waals surface area contributed by atoms with Gasteiger partial charge < -0.3 is 5.32 Å². The molecule has 0 aromatic carbocycles. The zero-order chi connectivity index (χ0) is 10.7. The van der Waals surface area contributed by atoms with Gasteiger partial charge in [-0.05, 0) is 53.5 Å². The van der Waals surface area contributed by atoms with Gasteiger partial charge in [0.05, 0.1) is 0 Å². The zero-order valence-electron chi connectivity index (χ0n) is 9.75. The summed E-state index contributed by atoms with van der Waals surface area (Å²) >= 11 is 1.81. The molecule has 0 bridgehead atoms. The van der Waals surface area contributed by atoms with Crippen LogP contribution in [0.2, 0.25) is 0 Å². The van der Waals surface area contributed by atoms with Crippen molar-refractivity contribution < 1.29 is 0 Å². The van der Waals surface area contributed by atoms with Crippen molar-refractivity contribution in [2.75, 3.05) is 6.54 Å². The highest BCUT2D eigenvalue weighted by Crippen LogP contribution is 2.49. The maximum Gasteiger partial charge on any atom is 0.00106 e. The van der Waals surface area contributed by atoms with Crippen LogP contribution in [0.3, 0.4) is 0 Å². The Labute approximate surface area is 96.9 Å². The van der Waals surface area contributed by atoms with Crippen molar-refractivity contribution in [3.63, 3.8) is 0 Å². The maximum atomic E-state index is 3.58. The van der Waals surface area contributed by atoms with Gasteiger partial charge in [0.1, 0.15) is 0 Å². The minimum absolute atomic E-state index is 0.628. The van der Waals surface area contributed by atoms with Crippen LogP contribution in [0.15, 0.2) is 16.8 Å². The third-order valence-electron chi connectivity index (χ3n) is 3.37. The van der Waals surface area contributed by atoms with E-state index in [0.717, 1.165) is 0 Å². The van der Waals surface area contributed by atoms with Gasteiger partial charge in [-0.2, -0.15) is 11.3 Å². The SMILES string of the molecule is CC(C)NCC1(CCc2ccsc2)CC1. The molecule has 1 aliphatic carbocycles. The van der Waals surface area contributed by atoms with E-state index < -0.39 is 0 Å². The van der Waals surface area contributed by atoms with Crippen LogP contribution in [0, 0.1) is 5.41 Å². The van der Waals surface area contributed by atoms with E-state index in [2.05, 4.69) is 36.0 Å². The summed E-state index contributed by atoms with van der Waals surface area (Å²) in [6.45, 7) is 5.68. The monoisotopic (exact) mass is 223 g/mol. The molecule has 1 saturated carbocycles. The van der Waals surface area contributed by atoms with E-state index in [1.807, 2.05) is 11.3 Å². The van der Waals surface area contributed by atoms with Crippen molar-refractivity contribution in [3.05, 3.63) is 22.4 Å². The second-order valence-electron chi connectivity index (χ2n) is 5.17. The van der Waals surface area contributed by atoms with E-state index in [1.165, 1.54) is 37.8 Å². The van der Waals surface area contributed by atoms with Crippen LogP contribution in [0.5, 0.6) is 0 Å². The molecule has 0 atom stereocenters. The summed E-state index contributed by atoms with van der Waals surface area (Å²) in [5, 5.41) is 8.05. The fraction of sp³-hybridized carbons (Fsp3) is 0.692. The van der Waals surface area contributed by atoms with E-state index >= 15 is 0 Å². The molecule has 1 aromatic heterocycles. The highest BCUT2D eigenvalue weighted by atomic mass is 32.1. The Morgan fingerprint density at radius 1 is 1.47 bits per heavy atom. The topological polar surface area (TPSA) is 12.0 Å². The summed E-state index contributed by atoms with van der Waals surface area (Å²) in [5.74, 6) is 0. The van der Waals surface area contributed by atoms with Gasteiger partial charge in [-0.25, -0.2) is 0 Å². The van der Waals surface area contributed by atoms with Crippen LogP contribution in [0.1, 0.15) is 38.7 Å². The molecule has 1 heterocycles. The Bertz CT molecular complexity index is 285. The van der Waals surface area contributed by atoms with Crippen LogP contribution < -0.4 is 5.32 Å². The van der Waals surface area contributed by atoms with Crippen molar-refractivity contribution in [3.8, 4) is 0 Å². The molecule has 1 nitrogen and oxygen atoms in total. The zero-order valence-corrected chi connectivity index (χ0v) is 10.6. The average molecular weight is 223 g/mol. The Kier molecular flexibility index (Phi) is 3.47. The molecule has 1 fully saturated rings. The fourth-order valence-electron chi connectivity index (χ4n) is 1.96. The Balaban J connectivity index is 1.74. The largest absolute Gasteiger partial charge is 0.314 e. The fourth-order valence-corrected chi connectivity index (χ4v) is 2.66. The lowest BCUT2D eigenvalue weighted by Crippen LogP contribution is -2.30. The molecular weight excluding hydrogens is 202 g/mol. The normalized spacial score (nSPS) is 18.3. The number of hydrogen-bond donors (Lipinski definition) is 1. The van der Waals surface area contributed by atoms with Gasteiger partial charge in [-0.1, -0.05) is 13.8 Å². The van der Waals surface area contributed by atoms with Gasteiger partial charge in [0, 0.05) is 12.6 Å². The molecule has 0 saturated heterocycles. The highest BCUT2D eigenvalue weighted by molar-refractivity contribution is 7.07. The van der Waals surface area contributed by atoms with Gasteiger partial charge in [0.15, 0.2) is 0 Å². The molecule has 0 aliphatic heterocycles. The summed E-state index contributed by atoms with van der Waals surface area (Å²) in [4.78, 5) is 0. The lowest BCUT2D eigenvalue weighted by Gasteiger charge is -2.17. The van der Waals surface area contributed by atoms with Crippen molar-refractivity contribution in [1.29, 1.82) is 0 Å². The molecule has 0 amide bonds. The molecule has 0 spiro atoms. The maximum absolute atomic E-state index is 3.58. The predicted molar refractivity (Wildman–Crippen MR) is 67.4 cm³/mol. The lowest BCUT2D eigenvalue weighted by atomic mass is 9.97. The van der Waals surface area contributed by atoms with Crippen molar-refractivity contribution in [1.82, 2.24) is 5.32 Å². The summed E-state index contributed by atoms with van der Waals surface area (Å²) in [6, 6.07) is 2.89.